The molecule has 3 rings (SSSR count). The molecule has 19 heavy (non-hydrogen) atoms. The Hall–Kier alpha value is 0.140. The molecule has 1 N–H and O–H groups in total. The van der Waals surface area contributed by atoms with Gasteiger partial charge in [-0.3, -0.25) is 0 Å². The highest BCUT2D eigenvalue weighted by molar-refractivity contribution is 9.11. The van der Waals surface area contributed by atoms with Crippen molar-refractivity contribution in [2.75, 3.05) is 6.54 Å². The van der Waals surface area contributed by atoms with Gasteiger partial charge in [-0.2, -0.15) is 0 Å². The summed E-state index contributed by atoms with van der Waals surface area (Å²) in [5.41, 5.74) is 0.775. The average molecular weight is 342 g/mol. The molecule has 0 aliphatic heterocycles. The Morgan fingerprint density at radius 1 is 1.16 bits per heavy atom. The molecule has 0 saturated heterocycles. The highest BCUT2D eigenvalue weighted by atomic mass is 79.9. The van der Waals surface area contributed by atoms with Crippen LogP contribution in [0.2, 0.25) is 0 Å². The predicted molar refractivity (Wildman–Crippen MR) is 86.9 cm³/mol. The van der Waals surface area contributed by atoms with Gasteiger partial charge in [0.2, 0.25) is 0 Å². The monoisotopic (exact) mass is 341 g/mol. The Morgan fingerprint density at radius 2 is 1.89 bits per heavy atom. The van der Waals surface area contributed by atoms with Gasteiger partial charge in [-0.05, 0) is 78.4 Å². The van der Waals surface area contributed by atoms with E-state index < -0.39 is 0 Å². The van der Waals surface area contributed by atoms with Crippen LogP contribution in [0.3, 0.4) is 0 Å². The molecule has 0 bridgehead atoms. The molecule has 2 saturated carbocycles. The van der Waals surface area contributed by atoms with Crippen LogP contribution < -0.4 is 5.32 Å². The third-order valence-corrected chi connectivity index (χ3v) is 6.83. The zero-order valence-electron chi connectivity index (χ0n) is 11.6. The number of hydrogen-bond acceptors (Lipinski definition) is 2. The fourth-order valence-electron chi connectivity index (χ4n) is 3.94. The maximum absolute atomic E-state index is 3.78. The van der Waals surface area contributed by atoms with Gasteiger partial charge < -0.3 is 5.32 Å². The summed E-state index contributed by atoms with van der Waals surface area (Å²) in [4.78, 5) is 1.49. The Kier molecular flexibility index (Phi) is 4.66. The molecule has 1 aromatic rings. The van der Waals surface area contributed by atoms with Crippen molar-refractivity contribution in [1.29, 1.82) is 0 Å². The van der Waals surface area contributed by atoms with E-state index in [4.69, 9.17) is 0 Å². The van der Waals surface area contributed by atoms with Crippen LogP contribution in [0.4, 0.5) is 0 Å². The third-order valence-electron chi connectivity index (χ3n) is 5.14. The summed E-state index contributed by atoms with van der Waals surface area (Å²) < 4.78 is 1.25. The Labute approximate surface area is 129 Å². The van der Waals surface area contributed by atoms with E-state index in [-0.39, 0.29) is 0 Å². The molecule has 0 amide bonds. The summed E-state index contributed by atoms with van der Waals surface area (Å²) in [7, 11) is 0. The number of thiophene rings is 1. The van der Waals surface area contributed by atoms with Crippen LogP contribution in [0.5, 0.6) is 0 Å². The molecule has 0 atom stereocenters. The standard InChI is InChI=1S/C16H24BrNS/c17-15-4-3-14(19-15)7-12-18-13-5-10-16(11-6-13)8-1-2-9-16/h3-4,13,18H,1-2,5-12H2. The van der Waals surface area contributed by atoms with Crippen molar-refractivity contribution in [2.45, 2.75) is 63.8 Å². The molecule has 1 aromatic heterocycles. The zero-order chi connectivity index (χ0) is 13.1. The van der Waals surface area contributed by atoms with E-state index in [2.05, 4.69) is 33.4 Å². The van der Waals surface area contributed by atoms with Gasteiger partial charge in [0.25, 0.3) is 0 Å². The molecule has 106 valence electrons. The summed E-state index contributed by atoms with van der Waals surface area (Å²) in [6, 6.07) is 5.18. The highest BCUT2D eigenvalue weighted by Gasteiger charge is 2.37. The van der Waals surface area contributed by atoms with Crippen molar-refractivity contribution >= 4 is 27.3 Å². The molecule has 1 spiro atoms. The van der Waals surface area contributed by atoms with Gasteiger partial charge in [0.05, 0.1) is 3.79 Å². The molecule has 2 aliphatic carbocycles. The van der Waals surface area contributed by atoms with Gasteiger partial charge in [-0.15, -0.1) is 11.3 Å². The second-order valence-electron chi connectivity index (χ2n) is 6.39. The lowest BCUT2D eigenvalue weighted by molar-refractivity contribution is 0.169. The molecule has 0 radical (unpaired) electrons. The lowest BCUT2D eigenvalue weighted by Crippen LogP contribution is -2.37. The molecule has 2 fully saturated rings. The number of halogens is 1. The van der Waals surface area contributed by atoms with Crippen molar-refractivity contribution in [3.63, 3.8) is 0 Å². The SMILES string of the molecule is Brc1ccc(CCNC2CCC3(CCCC3)CC2)s1. The summed E-state index contributed by atoms with van der Waals surface area (Å²) in [5, 5.41) is 3.78. The number of hydrogen-bond donors (Lipinski definition) is 1. The van der Waals surface area contributed by atoms with Gasteiger partial charge in [-0.25, -0.2) is 0 Å². The fourth-order valence-corrected chi connectivity index (χ4v) is 5.43. The first kappa shape index (κ1) is 14.1. The Morgan fingerprint density at radius 3 is 2.53 bits per heavy atom. The van der Waals surface area contributed by atoms with Crippen molar-refractivity contribution in [2.24, 2.45) is 5.41 Å². The Balaban J connectivity index is 1.38. The lowest BCUT2D eigenvalue weighted by atomic mass is 9.71. The van der Waals surface area contributed by atoms with E-state index in [9.17, 15) is 0 Å². The normalized spacial score (nSPS) is 23.2. The number of nitrogens with one attached hydrogen (secondary N) is 1. The molecule has 2 aliphatic rings. The van der Waals surface area contributed by atoms with Crippen LogP contribution in [0.1, 0.15) is 56.2 Å². The molecule has 1 nitrogen and oxygen atoms in total. The molecule has 0 aromatic carbocycles. The number of rotatable bonds is 4. The van der Waals surface area contributed by atoms with Crippen LogP contribution >= 0.6 is 27.3 Å². The predicted octanol–water partition coefficient (Wildman–Crippen LogP) is 5.15. The average Bonchev–Trinajstić information content (AvgIpc) is 3.02. The molecular weight excluding hydrogens is 318 g/mol. The minimum Gasteiger partial charge on any atom is -0.314 e. The largest absolute Gasteiger partial charge is 0.314 e. The molecule has 1 heterocycles. The van der Waals surface area contributed by atoms with Gasteiger partial charge >= 0.3 is 0 Å². The third kappa shape index (κ3) is 3.62. The Bertz CT molecular complexity index is 399. The van der Waals surface area contributed by atoms with E-state index in [1.165, 1.54) is 66.5 Å². The van der Waals surface area contributed by atoms with Crippen LogP contribution in [0.15, 0.2) is 15.9 Å². The first-order chi connectivity index (χ1) is 9.26. The second-order valence-corrected chi connectivity index (χ2v) is 8.94. The van der Waals surface area contributed by atoms with Crippen LogP contribution in [-0.4, -0.2) is 12.6 Å². The van der Waals surface area contributed by atoms with E-state index in [1.54, 1.807) is 0 Å². The summed E-state index contributed by atoms with van der Waals surface area (Å²) in [5.74, 6) is 0. The molecule has 0 unspecified atom stereocenters. The summed E-state index contributed by atoms with van der Waals surface area (Å²) in [6.07, 6.45) is 13.0. The molecular formula is C16H24BrNS. The van der Waals surface area contributed by atoms with Crippen molar-refractivity contribution < 1.29 is 0 Å². The van der Waals surface area contributed by atoms with Crippen LogP contribution in [0.25, 0.3) is 0 Å². The minimum absolute atomic E-state index is 0.775. The quantitative estimate of drug-likeness (QED) is 0.798. The van der Waals surface area contributed by atoms with Crippen LogP contribution in [0, 0.1) is 5.41 Å². The van der Waals surface area contributed by atoms with E-state index in [0.717, 1.165) is 18.0 Å². The zero-order valence-corrected chi connectivity index (χ0v) is 14.0. The summed E-state index contributed by atoms with van der Waals surface area (Å²) in [6.45, 7) is 1.14. The van der Waals surface area contributed by atoms with E-state index in [1.807, 2.05) is 11.3 Å². The van der Waals surface area contributed by atoms with Gasteiger partial charge in [0, 0.05) is 17.5 Å². The molecule has 3 heteroatoms. The maximum atomic E-state index is 3.78. The second kappa shape index (κ2) is 6.28. The maximum Gasteiger partial charge on any atom is 0.0701 e. The van der Waals surface area contributed by atoms with Gasteiger partial charge in [-0.1, -0.05) is 12.8 Å². The van der Waals surface area contributed by atoms with Crippen molar-refractivity contribution in [3.05, 3.63) is 20.8 Å². The first-order valence-electron chi connectivity index (χ1n) is 7.73. The van der Waals surface area contributed by atoms with Crippen molar-refractivity contribution in [3.8, 4) is 0 Å². The van der Waals surface area contributed by atoms with Gasteiger partial charge in [0.15, 0.2) is 0 Å². The van der Waals surface area contributed by atoms with E-state index >= 15 is 0 Å². The lowest BCUT2D eigenvalue weighted by Gasteiger charge is -2.37. The first-order valence-corrected chi connectivity index (χ1v) is 9.34. The smallest absolute Gasteiger partial charge is 0.0701 e. The fraction of sp³-hybridized carbons (Fsp3) is 0.750. The minimum atomic E-state index is 0.775. The highest BCUT2D eigenvalue weighted by Crippen LogP contribution is 2.48. The van der Waals surface area contributed by atoms with Crippen LogP contribution in [-0.2, 0) is 6.42 Å². The topological polar surface area (TPSA) is 12.0 Å². The van der Waals surface area contributed by atoms with E-state index in [0.29, 0.717) is 0 Å². The van der Waals surface area contributed by atoms with Crippen molar-refractivity contribution in [1.82, 2.24) is 5.32 Å². The van der Waals surface area contributed by atoms with Gasteiger partial charge in [0.1, 0.15) is 0 Å². The summed E-state index contributed by atoms with van der Waals surface area (Å²) >= 11 is 5.40.